The molecule has 0 radical (unpaired) electrons. The number of carbonyl (C=O) groups is 2. The monoisotopic (exact) mass is 613 g/mol. The minimum Gasteiger partial charge on any atom is -0.444 e. The summed E-state index contributed by atoms with van der Waals surface area (Å²) >= 11 is 0. The van der Waals surface area contributed by atoms with Crippen molar-refractivity contribution in [3.63, 3.8) is 0 Å². The molecule has 4 aromatic rings. The molecular formula is C30H31F4N7O3. The molecular weight excluding hydrogens is 582 g/mol. The number of amides is 2. The van der Waals surface area contributed by atoms with E-state index < -0.39 is 40.7 Å². The van der Waals surface area contributed by atoms with E-state index in [-0.39, 0.29) is 18.4 Å². The molecule has 1 atom stereocenters. The topological polar surface area (TPSA) is 128 Å². The Labute approximate surface area is 250 Å². The molecule has 1 fully saturated rings. The second kappa shape index (κ2) is 11.7. The van der Waals surface area contributed by atoms with Crippen LogP contribution in [0.4, 0.5) is 28.2 Å². The van der Waals surface area contributed by atoms with Crippen LogP contribution in [0.1, 0.15) is 61.1 Å². The van der Waals surface area contributed by atoms with Crippen molar-refractivity contribution in [3.05, 3.63) is 71.3 Å². The Balaban J connectivity index is 1.36. The number of ether oxygens (including phenoxy) is 1. The maximum absolute atomic E-state index is 14.4. The van der Waals surface area contributed by atoms with Gasteiger partial charge in [0.1, 0.15) is 29.3 Å². The third kappa shape index (κ3) is 6.43. The summed E-state index contributed by atoms with van der Waals surface area (Å²) in [5, 5.41) is 7.85. The van der Waals surface area contributed by atoms with Crippen molar-refractivity contribution >= 4 is 28.9 Å². The molecule has 0 saturated carbocycles. The zero-order valence-electron chi connectivity index (χ0n) is 24.3. The SMILES string of the molecule is CC(C)(C)OC(=O)N1CCC[C@@H](n2nc(-c3ccc(CNC(=O)c4cccc(C(F)(F)F)c4F)cc3)c3c(N)ncnc32)C1. The number of rotatable bonds is 5. The Morgan fingerprint density at radius 2 is 1.82 bits per heavy atom. The molecule has 3 N–H and O–H groups in total. The first-order valence-electron chi connectivity index (χ1n) is 13.9. The van der Waals surface area contributed by atoms with Crippen LogP contribution in [0, 0.1) is 5.82 Å². The van der Waals surface area contributed by atoms with Gasteiger partial charge >= 0.3 is 12.3 Å². The molecule has 2 amide bonds. The molecule has 14 heteroatoms. The van der Waals surface area contributed by atoms with E-state index in [1.54, 1.807) is 33.8 Å². The molecule has 1 saturated heterocycles. The summed E-state index contributed by atoms with van der Waals surface area (Å²) < 4.78 is 60.8. The largest absolute Gasteiger partial charge is 0.444 e. The number of nitrogens with two attached hydrogens (primary N) is 1. The van der Waals surface area contributed by atoms with Crippen LogP contribution in [0.25, 0.3) is 22.3 Å². The van der Waals surface area contributed by atoms with Crippen molar-refractivity contribution in [1.29, 1.82) is 0 Å². The predicted octanol–water partition coefficient (Wildman–Crippen LogP) is 5.74. The van der Waals surface area contributed by atoms with Gasteiger partial charge in [0.15, 0.2) is 5.65 Å². The maximum atomic E-state index is 14.4. The second-order valence-corrected chi connectivity index (χ2v) is 11.5. The molecule has 0 unspecified atom stereocenters. The highest BCUT2D eigenvalue weighted by molar-refractivity contribution is 5.98. The molecule has 1 aliphatic heterocycles. The van der Waals surface area contributed by atoms with Crippen LogP contribution in [0.5, 0.6) is 0 Å². The van der Waals surface area contributed by atoms with E-state index in [2.05, 4.69) is 15.3 Å². The minimum absolute atomic E-state index is 0.0577. The summed E-state index contributed by atoms with van der Waals surface area (Å²) in [5.74, 6) is -2.36. The zero-order valence-corrected chi connectivity index (χ0v) is 24.3. The van der Waals surface area contributed by atoms with E-state index >= 15 is 0 Å². The molecule has 0 spiro atoms. The van der Waals surface area contributed by atoms with Crippen LogP contribution in [0.2, 0.25) is 0 Å². The molecule has 2 aromatic carbocycles. The van der Waals surface area contributed by atoms with Gasteiger partial charge in [-0.1, -0.05) is 30.3 Å². The molecule has 2 aromatic heterocycles. The first-order chi connectivity index (χ1) is 20.7. The number of aromatic nitrogens is 4. The Hall–Kier alpha value is -4.75. The number of hydrogen-bond acceptors (Lipinski definition) is 7. The lowest BCUT2D eigenvalue weighted by Gasteiger charge is -2.34. The van der Waals surface area contributed by atoms with E-state index in [0.29, 0.717) is 47.0 Å². The summed E-state index contributed by atoms with van der Waals surface area (Å²) in [5.41, 5.74) is 5.76. The van der Waals surface area contributed by atoms with Crippen molar-refractivity contribution in [1.82, 2.24) is 30.0 Å². The minimum atomic E-state index is -4.92. The number of piperidine rings is 1. The van der Waals surface area contributed by atoms with Crippen LogP contribution in [-0.2, 0) is 17.5 Å². The number of carbonyl (C=O) groups excluding carboxylic acids is 2. The third-order valence-electron chi connectivity index (χ3n) is 7.14. The number of hydrogen-bond donors (Lipinski definition) is 2. The first-order valence-corrected chi connectivity index (χ1v) is 13.9. The van der Waals surface area contributed by atoms with E-state index in [9.17, 15) is 27.2 Å². The van der Waals surface area contributed by atoms with Gasteiger partial charge < -0.3 is 20.7 Å². The van der Waals surface area contributed by atoms with Crippen molar-refractivity contribution < 1.29 is 31.9 Å². The molecule has 232 valence electrons. The van der Waals surface area contributed by atoms with Gasteiger partial charge in [0.2, 0.25) is 0 Å². The first kappa shape index (κ1) is 30.7. The van der Waals surface area contributed by atoms with Gasteiger partial charge in [-0.25, -0.2) is 23.8 Å². The second-order valence-electron chi connectivity index (χ2n) is 11.5. The van der Waals surface area contributed by atoms with Crippen LogP contribution in [0.15, 0.2) is 48.8 Å². The van der Waals surface area contributed by atoms with Gasteiger partial charge in [-0.15, -0.1) is 0 Å². The molecule has 1 aliphatic rings. The number of nitrogens with zero attached hydrogens (tertiary/aromatic N) is 5. The third-order valence-corrected chi connectivity index (χ3v) is 7.14. The van der Waals surface area contributed by atoms with Gasteiger partial charge in [0, 0.05) is 25.2 Å². The van der Waals surface area contributed by atoms with E-state index in [0.717, 1.165) is 25.0 Å². The summed E-state index contributed by atoms with van der Waals surface area (Å²) in [6.45, 7) is 6.32. The maximum Gasteiger partial charge on any atom is 0.419 e. The number of benzene rings is 2. The number of halogens is 4. The number of alkyl halides is 3. The lowest BCUT2D eigenvalue weighted by atomic mass is 10.1. The quantitative estimate of drug-likeness (QED) is 0.275. The van der Waals surface area contributed by atoms with Gasteiger partial charge in [-0.3, -0.25) is 4.79 Å². The van der Waals surface area contributed by atoms with E-state index in [4.69, 9.17) is 15.6 Å². The fourth-order valence-electron chi connectivity index (χ4n) is 5.08. The van der Waals surface area contributed by atoms with Crippen molar-refractivity contribution in [2.45, 2.75) is 58.0 Å². The summed E-state index contributed by atoms with van der Waals surface area (Å²) in [7, 11) is 0. The normalized spacial score (nSPS) is 15.8. The molecule has 0 bridgehead atoms. The number of anilines is 1. The lowest BCUT2D eigenvalue weighted by Crippen LogP contribution is -2.43. The Bertz CT molecular complexity index is 1700. The smallest absolute Gasteiger partial charge is 0.419 e. The number of nitrogen functional groups attached to an aromatic ring is 1. The average Bonchev–Trinajstić information content (AvgIpc) is 3.36. The van der Waals surface area contributed by atoms with Gasteiger partial charge in [-0.2, -0.15) is 18.3 Å². The Morgan fingerprint density at radius 3 is 2.50 bits per heavy atom. The Morgan fingerprint density at radius 1 is 1.09 bits per heavy atom. The van der Waals surface area contributed by atoms with Crippen LogP contribution in [0.3, 0.4) is 0 Å². The average molecular weight is 614 g/mol. The highest BCUT2D eigenvalue weighted by atomic mass is 19.4. The lowest BCUT2D eigenvalue weighted by molar-refractivity contribution is -0.140. The molecule has 3 heterocycles. The van der Waals surface area contributed by atoms with Crippen LogP contribution >= 0.6 is 0 Å². The fourth-order valence-corrected chi connectivity index (χ4v) is 5.08. The van der Waals surface area contributed by atoms with E-state index in [1.165, 1.54) is 6.33 Å². The van der Waals surface area contributed by atoms with Crippen molar-refractivity contribution in [3.8, 4) is 11.3 Å². The summed E-state index contributed by atoms with van der Waals surface area (Å²) in [6.07, 6.45) is -2.47. The van der Waals surface area contributed by atoms with Crippen molar-refractivity contribution in [2.75, 3.05) is 18.8 Å². The zero-order chi connectivity index (χ0) is 31.8. The van der Waals surface area contributed by atoms with Gasteiger partial charge in [0.25, 0.3) is 5.91 Å². The van der Waals surface area contributed by atoms with E-state index in [1.807, 2.05) is 20.8 Å². The summed E-state index contributed by atoms with van der Waals surface area (Å²) in [4.78, 5) is 35.5. The molecule has 5 rings (SSSR count). The van der Waals surface area contributed by atoms with Crippen molar-refractivity contribution in [2.24, 2.45) is 0 Å². The predicted molar refractivity (Wildman–Crippen MR) is 154 cm³/mol. The molecule has 10 nitrogen and oxygen atoms in total. The highest BCUT2D eigenvalue weighted by Crippen LogP contribution is 2.35. The highest BCUT2D eigenvalue weighted by Gasteiger charge is 2.36. The number of likely N-dealkylation sites (tertiary alicyclic amines) is 1. The standard InChI is InChI=1S/C30H31F4N7O3/c1-29(2,3)44-28(43)40-13-5-6-19(15-40)41-26-22(25(35)37-16-38-26)24(39-41)18-11-9-17(10-12-18)14-36-27(42)20-7-4-8-21(23(20)31)30(32,33)34/h4,7-12,16,19H,5-6,13-15H2,1-3H3,(H,36,42)(H2,35,37,38)/t19-/m1/s1. The van der Waals surface area contributed by atoms with Gasteiger partial charge in [0.05, 0.1) is 22.6 Å². The number of fused-ring (bicyclic) bond motifs is 1. The van der Waals surface area contributed by atoms with Crippen LogP contribution in [-0.4, -0.2) is 55.3 Å². The molecule has 44 heavy (non-hydrogen) atoms. The van der Waals surface area contributed by atoms with Gasteiger partial charge in [-0.05, 0) is 51.3 Å². The van der Waals surface area contributed by atoms with Crippen LogP contribution < -0.4 is 11.1 Å². The number of nitrogens with one attached hydrogen (secondary N) is 1. The fraction of sp³-hybridized carbons (Fsp3) is 0.367. The summed E-state index contributed by atoms with van der Waals surface area (Å²) in [6, 6.07) is 9.28. The Kier molecular flexibility index (Phi) is 8.19. The molecule has 0 aliphatic carbocycles.